The maximum absolute atomic E-state index is 16.8. The lowest BCUT2D eigenvalue weighted by Gasteiger charge is -2.37. The van der Waals surface area contributed by atoms with Crippen LogP contribution in [0.3, 0.4) is 0 Å². The van der Waals surface area contributed by atoms with Crippen molar-refractivity contribution in [3.05, 3.63) is 298 Å². The van der Waals surface area contributed by atoms with E-state index in [2.05, 4.69) is 47.7 Å². The number of imidazole rings is 1. The number of phosphoric ester groups is 1. The van der Waals surface area contributed by atoms with Crippen molar-refractivity contribution < 1.29 is 65.2 Å². The predicted molar refractivity (Wildman–Crippen MR) is 440 cm³/mol. The first-order valence-corrected chi connectivity index (χ1v) is 41.5. The van der Waals surface area contributed by atoms with Crippen LogP contribution in [0.15, 0.2) is 215 Å². The van der Waals surface area contributed by atoms with Crippen LogP contribution in [-0.4, -0.2) is 126 Å². The number of aryl methyl sites for hydroxylation is 1. The second-order valence-electron chi connectivity index (χ2n) is 28.8. The molecule has 3 N–H and O–H groups in total. The summed E-state index contributed by atoms with van der Waals surface area (Å²) in [6.45, 7) is 10.4. The molecule has 0 aliphatic carbocycles. The van der Waals surface area contributed by atoms with Gasteiger partial charge >= 0.3 is 19.2 Å². The molecule has 1 radical (unpaired) electrons. The molecule has 2 amide bonds. The number of phosphoric acid groups is 1. The lowest BCUT2D eigenvalue weighted by atomic mass is 9.79. The van der Waals surface area contributed by atoms with Gasteiger partial charge in [-0.15, -0.1) is 0 Å². The molecule has 33 heteroatoms. The second-order valence-corrected chi connectivity index (χ2v) is 32.5. The molecule has 2 unspecified atom stereocenters. The van der Waals surface area contributed by atoms with Crippen LogP contribution in [-0.2, 0) is 47.2 Å². The number of aromatic amines is 1. The molecule has 3 aliphatic rings. The van der Waals surface area contributed by atoms with E-state index in [4.69, 9.17) is 74.2 Å². The molecule has 11 aromatic rings. The molecule has 7 heterocycles. The minimum Gasteiger partial charge on any atom is -0.497 e. The quantitative estimate of drug-likeness (QED) is 0.0200. The largest absolute Gasteiger partial charge is 0.530 e. The van der Waals surface area contributed by atoms with Gasteiger partial charge in [-0.25, -0.2) is 33.8 Å². The first-order chi connectivity index (χ1) is 57.0. The molecule has 4 aromatic heterocycles. The van der Waals surface area contributed by atoms with Crippen molar-refractivity contribution in [2.75, 3.05) is 44.7 Å². The zero-order valence-corrected chi connectivity index (χ0v) is 68.8. The number of nitrogens with zero attached hydrogens (tertiary/aromatic N) is 9. The summed E-state index contributed by atoms with van der Waals surface area (Å²) in [5.74, 6) is -0.591. The van der Waals surface area contributed by atoms with E-state index < -0.39 is 112 Å². The Balaban J connectivity index is 0.873. The van der Waals surface area contributed by atoms with Gasteiger partial charge in [0.2, 0.25) is 0 Å². The van der Waals surface area contributed by atoms with Crippen LogP contribution in [0, 0.1) is 31.2 Å². The number of benzene rings is 7. The van der Waals surface area contributed by atoms with Gasteiger partial charge in [0.1, 0.15) is 72.0 Å². The van der Waals surface area contributed by atoms with Crippen LogP contribution < -0.4 is 41.6 Å². The number of aromatic nitrogens is 8. The lowest BCUT2D eigenvalue weighted by molar-refractivity contribution is -0.0803. The zero-order valence-electron chi connectivity index (χ0n) is 65.5. The number of amides is 2. The Labute approximate surface area is 690 Å². The maximum Gasteiger partial charge on any atom is 0.530 e. The van der Waals surface area contributed by atoms with Crippen molar-refractivity contribution in [3.63, 3.8) is 0 Å². The molecule has 3 fully saturated rings. The average Bonchev–Trinajstić information content (AvgIpc) is 0.929. The van der Waals surface area contributed by atoms with Crippen LogP contribution in [0.25, 0.3) is 11.2 Å². The molecule has 3 aliphatic heterocycles. The van der Waals surface area contributed by atoms with Crippen LogP contribution in [0.1, 0.15) is 144 Å². The Hall–Kier alpha value is -10.6. The summed E-state index contributed by atoms with van der Waals surface area (Å²) in [5, 5.41) is 15.5. The molecule has 3 saturated heterocycles. The van der Waals surface area contributed by atoms with E-state index in [9.17, 15) is 29.2 Å². The van der Waals surface area contributed by atoms with Crippen molar-refractivity contribution in [1.29, 1.82) is 5.26 Å². The summed E-state index contributed by atoms with van der Waals surface area (Å²) in [4.78, 5) is 89.6. The fourth-order valence-electron chi connectivity index (χ4n) is 15.0. The van der Waals surface area contributed by atoms with Gasteiger partial charge in [0.15, 0.2) is 17.0 Å². The first kappa shape index (κ1) is 83.8. The van der Waals surface area contributed by atoms with E-state index in [0.717, 1.165) is 5.56 Å². The first-order valence-electron chi connectivity index (χ1n) is 38.1. The summed E-state index contributed by atoms with van der Waals surface area (Å²) in [6.07, 6.45) is -3.93. The normalized spacial score (nSPS) is 20.1. The Morgan fingerprint density at radius 1 is 0.720 bits per heavy atom. The number of carbonyl (C=O) groups is 2. The maximum atomic E-state index is 16.8. The zero-order chi connectivity index (χ0) is 82.9. The van der Waals surface area contributed by atoms with Gasteiger partial charge in [0.25, 0.3) is 25.9 Å². The average molecular weight is 1680 g/mol. The fraction of sp³-hybridized carbons (Fsp3) is 0.318. The molecular formula is C85H85Cl2N12O17P2. The third-order valence-electron chi connectivity index (χ3n) is 20.6. The van der Waals surface area contributed by atoms with Gasteiger partial charge in [0.05, 0.1) is 75.1 Å². The number of carbonyl (C=O) groups excluding carboxylic acids is 2. The highest BCUT2D eigenvalue weighted by Gasteiger charge is 2.51. The SMILES string of the molecule is COc1ccc(C(OC[C@@H]2O[C@@H](n3ccc(NC(=O)c4ccccc4)nc3=O)C[C@H]2c2c[c]c(Cl)c(C)c2[C@H]2O[C@@H](n3cc(C)c(=O)[nH]c3=O)C[C@@H]2OP(=O)(OC[C@H]2O[C@@H](n3cnc4c(NC(=O)c5ccccc5)ncnc43)C[C@@H]2OP(OCCC#N)N(C(C)C)C(C)C)Oc2ccccc2Cl)(c2ccccc2)c2ccc(OC)cc2)cc1. The third kappa shape index (κ3) is 18.3. The molecule has 611 valence electrons. The number of H-pyrrole nitrogens is 1. The topological polar surface area (TPSA) is 337 Å². The fourth-order valence-corrected chi connectivity index (χ4v) is 18.5. The molecule has 0 saturated carbocycles. The summed E-state index contributed by atoms with van der Waals surface area (Å²) < 4.78 is 97.3. The molecule has 7 aromatic carbocycles. The van der Waals surface area contributed by atoms with Gasteiger partial charge in [0, 0.05) is 72.4 Å². The Morgan fingerprint density at radius 2 is 1.32 bits per heavy atom. The number of methoxy groups -OCH3 is 2. The summed E-state index contributed by atoms with van der Waals surface area (Å²) >= 11 is 14.3. The van der Waals surface area contributed by atoms with E-state index in [-0.39, 0.29) is 95.1 Å². The number of halogens is 2. The molecule has 0 spiro atoms. The van der Waals surface area contributed by atoms with E-state index >= 15 is 4.57 Å². The van der Waals surface area contributed by atoms with Gasteiger partial charge in [-0.2, -0.15) is 10.2 Å². The number of nitrogens with one attached hydrogen (secondary N) is 3. The third-order valence-corrected chi connectivity index (χ3v) is 24.9. The molecule has 118 heavy (non-hydrogen) atoms. The lowest BCUT2D eigenvalue weighted by Crippen LogP contribution is -2.37. The van der Waals surface area contributed by atoms with Crippen molar-refractivity contribution >= 4 is 74.2 Å². The summed E-state index contributed by atoms with van der Waals surface area (Å²) in [5.41, 5.74) is 1.04. The Morgan fingerprint density at radius 3 is 1.96 bits per heavy atom. The molecular weight excluding hydrogens is 1590 g/mol. The number of hydrogen-bond donors (Lipinski definition) is 3. The number of para-hydroxylation sites is 1. The standard InChI is InChI=1S/C85H85Cl2N12O17P2/c1-51(2)99(52(3)4)117(109-42-20-40-88)114-67-44-74(98-50-91-76-78(89-49-90-79(76)98)94-82(102)56-23-14-10-15-24-56)112-70(67)48-110-118(105,115-66-28-19-18-27-65(66)87)116-68-45-73(97-46-53(5)80(100)95-84(97)104)113-77(68)75-54(6)64(86)38-37-62(75)63-43-72(96-41-39-71(93-83(96)103)92-81(101)55-21-12-9-13-22-55)111-69(63)47-108-85(57-25-16-11-17-26-57,58-29-33-60(106-7)34-30-58)59-31-35-61(107-8)36-32-59/h9-19,21-37,39,41,46,49-52,63,67-70,72-74,77H,20,42-45,47-48H2,1-8H3,(H,95,100,104)(H,89,90,94,102)(H,92,93,101,103)/t63-,67-,68-,69-,70+,72+,73+,74+,77-,117?,118?/m0/s1. The number of anilines is 2. The van der Waals surface area contributed by atoms with Crippen molar-refractivity contribution in [2.45, 2.75) is 140 Å². The number of fused-ring (bicyclic) bond motifs is 1. The van der Waals surface area contributed by atoms with Crippen LogP contribution in [0.5, 0.6) is 17.2 Å². The Kier molecular flexibility index (Phi) is 26.4. The summed E-state index contributed by atoms with van der Waals surface area (Å²) in [6, 6.07) is 56.3. The second kappa shape index (κ2) is 37.1. The summed E-state index contributed by atoms with van der Waals surface area (Å²) in [7, 11) is -4.07. The van der Waals surface area contributed by atoms with Gasteiger partial charge in [-0.05, 0) is 148 Å². The minimum atomic E-state index is -5.24. The molecule has 11 atom stereocenters. The van der Waals surface area contributed by atoms with Crippen LogP contribution in [0.2, 0.25) is 10.0 Å². The van der Waals surface area contributed by atoms with Gasteiger partial charge in [-0.3, -0.25) is 42.1 Å². The monoisotopic (exact) mass is 1680 g/mol. The van der Waals surface area contributed by atoms with Gasteiger partial charge in [-0.1, -0.05) is 126 Å². The molecule has 29 nitrogen and oxygen atoms in total. The van der Waals surface area contributed by atoms with E-state index in [1.165, 1.54) is 59.3 Å². The van der Waals surface area contributed by atoms with Crippen molar-refractivity contribution in [1.82, 2.24) is 43.3 Å². The number of ether oxygens (including phenoxy) is 6. The highest BCUT2D eigenvalue weighted by molar-refractivity contribution is 7.49. The number of nitriles is 1. The predicted octanol–water partition coefficient (Wildman–Crippen LogP) is 15.5. The van der Waals surface area contributed by atoms with Crippen LogP contribution in [0.4, 0.5) is 11.6 Å². The minimum absolute atomic E-state index is 0.0142. The molecule has 0 bridgehead atoms. The highest BCUT2D eigenvalue weighted by Crippen LogP contribution is 2.59. The van der Waals surface area contributed by atoms with E-state index in [1.54, 1.807) is 105 Å². The number of hydrogen-bond acceptors (Lipinski definition) is 23. The smallest absolute Gasteiger partial charge is 0.497 e. The van der Waals surface area contributed by atoms with Gasteiger partial charge < -0.3 is 52.6 Å². The van der Waals surface area contributed by atoms with Crippen LogP contribution >= 0.6 is 39.6 Å². The highest BCUT2D eigenvalue weighted by atomic mass is 35.5. The molecule has 14 rings (SSSR count). The van der Waals surface area contributed by atoms with E-state index in [1.807, 2.05) is 111 Å². The number of rotatable bonds is 32. The Bertz CT molecular complexity index is 5620. The van der Waals surface area contributed by atoms with E-state index in [0.29, 0.717) is 50.4 Å². The van der Waals surface area contributed by atoms with Crippen molar-refractivity contribution in [3.8, 4) is 23.3 Å². The van der Waals surface area contributed by atoms with Crippen molar-refractivity contribution in [2.24, 2.45) is 0 Å².